The van der Waals surface area contributed by atoms with E-state index in [9.17, 15) is 13.2 Å². The molecule has 1 aromatic rings. The van der Waals surface area contributed by atoms with E-state index in [2.05, 4.69) is 5.32 Å². The fourth-order valence-electron chi connectivity index (χ4n) is 1.92. The second-order valence-electron chi connectivity index (χ2n) is 4.19. The van der Waals surface area contributed by atoms with Crippen LogP contribution in [0.25, 0.3) is 6.08 Å². The van der Waals surface area contributed by atoms with Gasteiger partial charge in [-0.15, -0.1) is 0 Å². The Labute approximate surface area is 104 Å². The van der Waals surface area contributed by atoms with Crippen LogP contribution < -0.4 is 5.32 Å². The molecule has 1 aromatic carbocycles. The molecule has 0 unspecified atom stereocenters. The van der Waals surface area contributed by atoms with E-state index in [0.29, 0.717) is 0 Å². The molecular weight excluding hydrogens is 241 g/mol. The highest BCUT2D eigenvalue weighted by Crippen LogP contribution is 2.32. The quantitative estimate of drug-likeness (QED) is 0.875. The first-order chi connectivity index (χ1) is 8.57. The molecule has 0 saturated carbocycles. The number of nitrogens with zero attached hydrogens (tertiary/aromatic N) is 1. The standard InChI is InChI=1S/C13H15F3N2/c14-13(15,16)12-4-2-1-3-11(12)5-8-18-9-6-17-7-10-18/h1-5,8,17H,6-7,9-10H2. The summed E-state index contributed by atoms with van der Waals surface area (Å²) in [6.07, 6.45) is -1.02. The van der Waals surface area contributed by atoms with E-state index < -0.39 is 11.7 Å². The molecule has 1 fully saturated rings. The summed E-state index contributed by atoms with van der Waals surface area (Å²) in [5, 5.41) is 3.19. The molecule has 1 aliphatic heterocycles. The van der Waals surface area contributed by atoms with Crippen molar-refractivity contribution in [2.75, 3.05) is 26.2 Å². The smallest absolute Gasteiger partial charge is 0.375 e. The molecule has 2 rings (SSSR count). The first-order valence-corrected chi connectivity index (χ1v) is 5.86. The maximum atomic E-state index is 12.8. The van der Waals surface area contributed by atoms with Gasteiger partial charge in [0, 0.05) is 26.2 Å². The minimum Gasteiger partial charge on any atom is -0.375 e. The lowest BCUT2D eigenvalue weighted by molar-refractivity contribution is -0.137. The zero-order chi connectivity index (χ0) is 13.0. The Kier molecular flexibility index (Phi) is 3.91. The number of hydrogen-bond acceptors (Lipinski definition) is 2. The van der Waals surface area contributed by atoms with Gasteiger partial charge in [-0.25, -0.2) is 0 Å². The largest absolute Gasteiger partial charge is 0.416 e. The van der Waals surface area contributed by atoms with Gasteiger partial charge in [0.05, 0.1) is 5.56 Å². The molecule has 1 saturated heterocycles. The lowest BCUT2D eigenvalue weighted by atomic mass is 10.1. The van der Waals surface area contributed by atoms with Gasteiger partial charge < -0.3 is 10.2 Å². The van der Waals surface area contributed by atoms with E-state index in [1.165, 1.54) is 18.2 Å². The lowest BCUT2D eigenvalue weighted by Crippen LogP contribution is -2.40. The van der Waals surface area contributed by atoms with Gasteiger partial charge in [-0.05, 0) is 23.9 Å². The number of rotatable bonds is 2. The number of alkyl halides is 3. The summed E-state index contributed by atoms with van der Waals surface area (Å²) in [6, 6.07) is 5.62. The van der Waals surface area contributed by atoms with Crippen LogP contribution in [0.1, 0.15) is 11.1 Å². The molecule has 1 aliphatic rings. The topological polar surface area (TPSA) is 15.3 Å². The lowest BCUT2D eigenvalue weighted by Gasteiger charge is -2.25. The number of hydrogen-bond donors (Lipinski definition) is 1. The summed E-state index contributed by atoms with van der Waals surface area (Å²) in [7, 11) is 0. The van der Waals surface area contributed by atoms with Crippen LogP contribution in [0.4, 0.5) is 13.2 Å². The van der Waals surface area contributed by atoms with Crippen molar-refractivity contribution in [1.29, 1.82) is 0 Å². The van der Waals surface area contributed by atoms with E-state index in [0.717, 1.165) is 32.2 Å². The average molecular weight is 256 g/mol. The highest BCUT2D eigenvalue weighted by Gasteiger charge is 2.32. The molecule has 1 heterocycles. The van der Waals surface area contributed by atoms with E-state index in [1.807, 2.05) is 4.90 Å². The monoisotopic (exact) mass is 256 g/mol. The highest BCUT2D eigenvalue weighted by molar-refractivity contribution is 5.54. The predicted octanol–water partition coefficient (Wildman–Crippen LogP) is 2.58. The maximum absolute atomic E-state index is 12.8. The molecule has 0 aromatic heterocycles. The van der Waals surface area contributed by atoms with Gasteiger partial charge >= 0.3 is 6.18 Å². The molecule has 5 heteroatoms. The second kappa shape index (κ2) is 5.44. The van der Waals surface area contributed by atoms with Crippen LogP contribution in [0.3, 0.4) is 0 Å². The van der Waals surface area contributed by atoms with E-state index >= 15 is 0 Å². The van der Waals surface area contributed by atoms with Gasteiger partial charge in [0.15, 0.2) is 0 Å². The van der Waals surface area contributed by atoms with E-state index in [-0.39, 0.29) is 5.56 Å². The van der Waals surface area contributed by atoms with Gasteiger partial charge in [0.2, 0.25) is 0 Å². The Morgan fingerprint density at radius 3 is 2.44 bits per heavy atom. The maximum Gasteiger partial charge on any atom is 0.416 e. The minimum atomic E-state index is -4.30. The number of benzene rings is 1. The van der Waals surface area contributed by atoms with Crippen molar-refractivity contribution in [2.24, 2.45) is 0 Å². The fourth-order valence-corrected chi connectivity index (χ4v) is 1.92. The number of piperazine rings is 1. The highest BCUT2D eigenvalue weighted by atomic mass is 19.4. The molecule has 0 aliphatic carbocycles. The van der Waals surface area contributed by atoms with Crippen LogP contribution in [0, 0.1) is 0 Å². The molecule has 0 spiro atoms. The molecule has 0 amide bonds. The first kappa shape index (κ1) is 13.0. The molecule has 0 radical (unpaired) electrons. The van der Waals surface area contributed by atoms with Crippen molar-refractivity contribution in [2.45, 2.75) is 6.18 Å². The molecule has 1 N–H and O–H groups in total. The van der Waals surface area contributed by atoms with Crippen LogP contribution in [-0.2, 0) is 6.18 Å². The zero-order valence-electron chi connectivity index (χ0n) is 9.87. The van der Waals surface area contributed by atoms with Crippen molar-refractivity contribution >= 4 is 6.08 Å². The summed E-state index contributed by atoms with van der Waals surface area (Å²) in [4.78, 5) is 2.02. The molecule has 0 bridgehead atoms. The number of nitrogens with one attached hydrogen (secondary N) is 1. The van der Waals surface area contributed by atoms with Gasteiger partial charge in [0.1, 0.15) is 0 Å². The van der Waals surface area contributed by atoms with Crippen molar-refractivity contribution in [3.63, 3.8) is 0 Å². The third-order valence-electron chi connectivity index (χ3n) is 2.88. The molecule has 0 atom stereocenters. The molecular formula is C13H15F3N2. The van der Waals surface area contributed by atoms with Crippen LogP contribution in [0.2, 0.25) is 0 Å². The van der Waals surface area contributed by atoms with Gasteiger partial charge in [-0.3, -0.25) is 0 Å². The summed E-state index contributed by atoms with van der Waals surface area (Å²) in [6.45, 7) is 3.38. The molecule has 98 valence electrons. The Morgan fingerprint density at radius 1 is 1.11 bits per heavy atom. The summed E-state index contributed by atoms with van der Waals surface area (Å²) < 4.78 is 38.3. The summed E-state index contributed by atoms with van der Waals surface area (Å²) >= 11 is 0. The van der Waals surface area contributed by atoms with Crippen LogP contribution in [-0.4, -0.2) is 31.1 Å². The molecule has 18 heavy (non-hydrogen) atoms. The normalized spacial score (nSPS) is 17.4. The predicted molar refractivity (Wildman–Crippen MR) is 64.9 cm³/mol. The average Bonchev–Trinajstić information content (AvgIpc) is 2.37. The van der Waals surface area contributed by atoms with Crippen molar-refractivity contribution in [3.05, 3.63) is 41.6 Å². The third kappa shape index (κ3) is 3.26. The van der Waals surface area contributed by atoms with Gasteiger partial charge in [-0.2, -0.15) is 13.2 Å². The summed E-state index contributed by atoms with van der Waals surface area (Å²) in [5.41, 5.74) is -0.375. The second-order valence-corrected chi connectivity index (χ2v) is 4.19. The zero-order valence-corrected chi connectivity index (χ0v) is 9.87. The van der Waals surface area contributed by atoms with E-state index in [1.54, 1.807) is 12.3 Å². The number of halogens is 3. The Bertz CT molecular complexity index is 420. The van der Waals surface area contributed by atoms with Crippen LogP contribution in [0.5, 0.6) is 0 Å². The third-order valence-corrected chi connectivity index (χ3v) is 2.88. The Balaban J connectivity index is 2.15. The Hall–Kier alpha value is -1.49. The first-order valence-electron chi connectivity index (χ1n) is 5.86. The Morgan fingerprint density at radius 2 is 1.78 bits per heavy atom. The fraction of sp³-hybridized carbons (Fsp3) is 0.385. The van der Waals surface area contributed by atoms with Crippen molar-refractivity contribution < 1.29 is 13.2 Å². The SMILES string of the molecule is FC(F)(F)c1ccccc1C=CN1CCNCC1. The van der Waals surface area contributed by atoms with Gasteiger partial charge in [-0.1, -0.05) is 18.2 Å². The van der Waals surface area contributed by atoms with E-state index in [4.69, 9.17) is 0 Å². The minimum absolute atomic E-state index is 0.212. The van der Waals surface area contributed by atoms with Crippen molar-refractivity contribution in [1.82, 2.24) is 10.2 Å². The van der Waals surface area contributed by atoms with Crippen LogP contribution in [0.15, 0.2) is 30.5 Å². The van der Waals surface area contributed by atoms with Crippen molar-refractivity contribution in [3.8, 4) is 0 Å². The van der Waals surface area contributed by atoms with Crippen LogP contribution >= 0.6 is 0 Å². The molecule has 2 nitrogen and oxygen atoms in total. The summed E-state index contributed by atoms with van der Waals surface area (Å²) in [5.74, 6) is 0. The van der Waals surface area contributed by atoms with Gasteiger partial charge in [0.25, 0.3) is 0 Å².